The van der Waals surface area contributed by atoms with Crippen molar-refractivity contribution in [3.63, 3.8) is 0 Å². The SMILES string of the molecule is COc1cnc(C(F)F)cc1F. The molecular weight excluding hydrogens is 171 g/mol. The Bertz CT molecular complexity index is 277. The normalized spacial score (nSPS) is 10.4. The molecule has 0 fully saturated rings. The smallest absolute Gasteiger partial charge is 0.280 e. The van der Waals surface area contributed by atoms with E-state index in [1.807, 2.05) is 0 Å². The number of pyridine rings is 1. The van der Waals surface area contributed by atoms with Gasteiger partial charge < -0.3 is 4.74 Å². The van der Waals surface area contributed by atoms with Gasteiger partial charge in [-0.1, -0.05) is 0 Å². The van der Waals surface area contributed by atoms with Crippen LogP contribution in [0.2, 0.25) is 0 Å². The quantitative estimate of drug-likeness (QED) is 0.690. The van der Waals surface area contributed by atoms with Gasteiger partial charge in [-0.15, -0.1) is 0 Å². The van der Waals surface area contributed by atoms with Gasteiger partial charge in [-0.25, -0.2) is 13.2 Å². The Labute approximate surface area is 67.0 Å². The Morgan fingerprint density at radius 2 is 2.17 bits per heavy atom. The Morgan fingerprint density at radius 1 is 1.50 bits per heavy atom. The molecule has 0 aliphatic carbocycles. The minimum Gasteiger partial charge on any atom is -0.492 e. The van der Waals surface area contributed by atoms with Gasteiger partial charge >= 0.3 is 0 Å². The number of ether oxygens (including phenoxy) is 1. The number of methoxy groups -OCH3 is 1. The summed E-state index contributed by atoms with van der Waals surface area (Å²) in [5.41, 5.74) is -0.590. The Morgan fingerprint density at radius 3 is 2.58 bits per heavy atom. The second kappa shape index (κ2) is 3.42. The second-order valence-electron chi connectivity index (χ2n) is 2.04. The zero-order valence-corrected chi connectivity index (χ0v) is 6.22. The van der Waals surface area contributed by atoms with Crippen LogP contribution in [0, 0.1) is 5.82 Å². The van der Waals surface area contributed by atoms with Gasteiger partial charge in [0.1, 0.15) is 5.69 Å². The van der Waals surface area contributed by atoms with Crippen LogP contribution in [-0.2, 0) is 0 Å². The average molecular weight is 177 g/mol. The van der Waals surface area contributed by atoms with Gasteiger partial charge in [0.25, 0.3) is 6.43 Å². The first-order chi connectivity index (χ1) is 5.65. The highest BCUT2D eigenvalue weighted by Gasteiger charge is 2.12. The van der Waals surface area contributed by atoms with Gasteiger partial charge in [0, 0.05) is 6.07 Å². The Hall–Kier alpha value is -1.26. The van der Waals surface area contributed by atoms with Crippen LogP contribution in [0.25, 0.3) is 0 Å². The number of nitrogens with zero attached hydrogens (tertiary/aromatic N) is 1. The summed E-state index contributed by atoms with van der Waals surface area (Å²) in [4.78, 5) is 3.29. The lowest BCUT2D eigenvalue weighted by Crippen LogP contribution is -1.94. The summed E-state index contributed by atoms with van der Waals surface area (Å²) >= 11 is 0. The molecule has 0 spiro atoms. The molecule has 66 valence electrons. The Balaban J connectivity index is 3.02. The van der Waals surface area contributed by atoms with E-state index in [2.05, 4.69) is 9.72 Å². The molecule has 0 radical (unpaired) electrons. The first-order valence-electron chi connectivity index (χ1n) is 3.12. The molecule has 0 aromatic carbocycles. The zero-order valence-electron chi connectivity index (χ0n) is 6.22. The molecule has 0 bridgehead atoms. The molecular formula is C7H6F3NO. The number of rotatable bonds is 2. The molecule has 0 aliphatic rings. The highest BCUT2D eigenvalue weighted by molar-refractivity contribution is 5.22. The minimum absolute atomic E-state index is 0.139. The summed E-state index contributed by atoms with van der Waals surface area (Å²) in [7, 11) is 1.24. The first kappa shape index (κ1) is 8.83. The van der Waals surface area contributed by atoms with Crippen LogP contribution in [0.3, 0.4) is 0 Å². The Kier molecular flexibility index (Phi) is 2.52. The van der Waals surface area contributed by atoms with Crippen molar-refractivity contribution in [2.24, 2.45) is 0 Å². The van der Waals surface area contributed by atoms with E-state index in [1.165, 1.54) is 7.11 Å². The van der Waals surface area contributed by atoms with E-state index < -0.39 is 17.9 Å². The van der Waals surface area contributed by atoms with Crippen LogP contribution in [0.5, 0.6) is 5.75 Å². The van der Waals surface area contributed by atoms with Gasteiger partial charge in [0.05, 0.1) is 13.3 Å². The molecule has 1 aromatic heterocycles. The maximum Gasteiger partial charge on any atom is 0.280 e. The number of hydrogen-bond acceptors (Lipinski definition) is 2. The third kappa shape index (κ3) is 1.66. The molecule has 12 heavy (non-hydrogen) atoms. The number of aromatic nitrogens is 1. The molecule has 0 saturated carbocycles. The third-order valence-corrected chi connectivity index (χ3v) is 1.28. The minimum atomic E-state index is -2.76. The topological polar surface area (TPSA) is 22.1 Å². The predicted octanol–water partition coefficient (Wildman–Crippen LogP) is 2.17. The van der Waals surface area contributed by atoms with Crippen LogP contribution in [-0.4, -0.2) is 12.1 Å². The fourth-order valence-electron chi connectivity index (χ4n) is 0.703. The van der Waals surface area contributed by atoms with Crippen LogP contribution < -0.4 is 4.74 Å². The molecule has 0 atom stereocenters. The van der Waals surface area contributed by atoms with Crippen molar-refractivity contribution in [3.8, 4) is 5.75 Å². The highest BCUT2D eigenvalue weighted by atomic mass is 19.3. The largest absolute Gasteiger partial charge is 0.492 e. The molecule has 0 aliphatic heterocycles. The molecule has 0 saturated heterocycles. The lowest BCUT2D eigenvalue weighted by molar-refractivity contribution is 0.145. The number of halogens is 3. The molecule has 0 unspecified atom stereocenters. The predicted molar refractivity (Wildman–Crippen MR) is 35.7 cm³/mol. The molecule has 1 heterocycles. The van der Waals surface area contributed by atoms with Crippen molar-refractivity contribution in [2.45, 2.75) is 6.43 Å². The monoisotopic (exact) mass is 177 g/mol. The van der Waals surface area contributed by atoms with Gasteiger partial charge in [-0.3, -0.25) is 4.98 Å². The van der Waals surface area contributed by atoms with Crippen LogP contribution >= 0.6 is 0 Å². The summed E-state index contributed by atoms with van der Waals surface area (Å²) in [5, 5.41) is 0. The van der Waals surface area contributed by atoms with Crippen molar-refractivity contribution in [1.29, 1.82) is 0 Å². The van der Waals surface area contributed by atoms with E-state index in [1.54, 1.807) is 0 Å². The van der Waals surface area contributed by atoms with Crippen molar-refractivity contribution >= 4 is 0 Å². The van der Waals surface area contributed by atoms with Gasteiger partial charge in [0.15, 0.2) is 11.6 Å². The fourth-order valence-corrected chi connectivity index (χ4v) is 0.703. The van der Waals surface area contributed by atoms with Crippen molar-refractivity contribution in [2.75, 3.05) is 7.11 Å². The zero-order chi connectivity index (χ0) is 9.14. The summed E-state index contributed by atoms with van der Waals surface area (Å²) in [6, 6.07) is 0.656. The van der Waals surface area contributed by atoms with E-state index in [9.17, 15) is 13.2 Å². The van der Waals surface area contributed by atoms with Crippen LogP contribution in [0.15, 0.2) is 12.3 Å². The molecule has 2 nitrogen and oxygen atoms in total. The molecule has 0 N–H and O–H groups in total. The summed E-state index contributed by atoms with van der Waals surface area (Å²) in [6.07, 6.45) is -1.83. The van der Waals surface area contributed by atoms with E-state index in [-0.39, 0.29) is 5.75 Å². The standard InChI is InChI=1S/C7H6F3NO/c1-12-6-3-11-5(7(9)10)2-4(6)8/h2-3,7H,1H3. The second-order valence-corrected chi connectivity index (χ2v) is 2.04. The van der Waals surface area contributed by atoms with Gasteiger partial charge in [-0.2, -0.15) is 0 Å². The highest BCUT2D eigenvalue weighted by Crippen LogP contribution is 2.21. The molecule has 5 heteroatoms. The van der Waals surface area contributed by atoms with E-state index in [4.69, 9.17) is 0 Å². The van der Waals surface area contributed by atoms with Gasteiger partial charge in [-0.05, 0) is 0 Å². The summed E-state index contributed by atoms with van der Waals surface area (Å²) in [5.74, 6) is -0.970. The molecule has 0 amide bonds. The van der Waals surface area contributed by atoms with Crippen molar-refractivity contribution in [1.82, 2.24) is 4.98 Å². The third-order valence-electron chi connectivity index (χ3n) is 1.28. The molecule has 1 aromatic rings. The summed E-state index contributed by atoms with van der Waals surface area (Å²) in [6.45, 7) is 0. The average Bonchev–Trinajstić information content (AvgIpc) is 2.04. The fraction of sp³-hybridized carbons (Fsp3) is 0.286. The van der Waals surface area contributed by atoms with Crippen LogP contribution in [0.1, 0.15) is 12.1 Å². The first-order valence-corrected chi connectivity index (χ1v) is 3.12. The van der Waals surface area contributed by atoms with E-state index in [0.29, 0.717) is 6.07 Å². The maximum atomic E-state index is 12.7. The number of alkyl halides is 2. The van der Waals surface area contributed by atoms with E-state index in [0.717, 1.165) is 6.20 Å². The summed E-state index contributed by atoms with van der Waals surface area (Å²) < 4.78 is 41.0. The van der Waals surface area contributed by atoms with Crippen molar-refractivity contribution < 1.29 is 17.9 Å². The van der Waals surface area contributed by atoms with Crippen LogP contribution in [0.4, 0.5) is 13.2 Å². The number of hydrogen-bond donors (Lipinski definition) is 0. The lowest BCUT2D eigenvalue weighted by atomic mass is 10.3. The van der Waals surface area contributed by atoms with Crippen molar-refractivity contribution in [3.05, 3.63) is 23.8 Å². The van der Waals surface area contributed by atoms with E-state index >= 15 is 0 Å². The lowest BCUT2D eigenvalue weighted by Gasteiger charge is -2.02. The molecule has 1 rings (SSSR count). The maximum absolute atomic E-state index is 12.7. The van der Waals surface area contributed by atoms with Gasteiger partial charge in [0.2, 0.25) is 0 Å².